The van der Waals surface area contributed by atoms with Gasteiger partial charge in [-0.05, 0) is 18.8 Å². The number of nitrogens with one attached hydrogen (secondary N) is 1. The number of hydrogen-bond donors (Lipinski definition) is 1. The minimum atomic E-state index is -0.277. The van der Waals surface area contributed by atoms with Crippen LogP contribution in [0.5, 0.6) is 0 Å². The van der Waals surface area contributed by atoms with Gasteiger partial charge in [-0.3, -0.25) is 4.79 Å². The lowest BCUT2D eigenvalue weighted by Gasteiger charge is -1.98. The fraction of sp³-hybridized carbons (Fsp3) is 0.538. The highest BCUT2D eigenvalue weighted by Gasteiger charge is 2.14. The number of aromatic nitrogens is 3. The predicted molar refractivity (Wildman–Crippen MR) is 75.5 cm³/mol. The summed E-state index contributed by atoms with van der Waals surface area (Å²) >= 11 is 1.50. The molecule has 6 nitrogen and oxygen atoms in total. The zero-order chi connectivity index (χ0) is 14.5. The minimum absolute atomic E-state index is 0.237. The van der Waals surface area contributed by atoms with E-state index >= 15 is 0 Å². The van der Waals surface area contributed by atoms with Crippen LogP contribution < -0.4 is 5.32 Å². The SMILES string of the molecule is CCc1nnc(CNC(=O)c2cc(CC(C)C)no2)s1. The number of carbonyl (C=O) groups excluding carboxylic acids is 1. The number of aryl methyl sites for hydroxylation is 1. The molecule has 2 aromatic rings. The number of amides is 1. The van der Waals surface area contributed by atoms with E-state index in [0.717, 1.165) is 28.6 Å². The van der Waals surface area contributed by atoms with E-state index in [4.69, 9.17) is 4.52 Å². The lowest BCUT2D eigenvalue weighted by molar-refractivity contribution is 0.0913. The van der Waals surface area contributed by atoms with Crippen LogP contribution in [0.25, 0.3) is 0 Å². The maximum absolute atomic E-state index is 11.9. The average molecular weight is 294 g/mol. The van der Waals surface area contributed by atoms with Gasteiger partial charge in [0.05, 0.1) is 12.2 Å². The number of nitrogens with zero attached hydrogens (tertiary/aromatic N) is 3. The molecule has 0 aliphatic rings. The van der Waals surface area contributed by atoms with Crippen LogP contribution in [0, 0.1) is 5.92 Å². The van der Waals surface area contributed by atoms with Gasteiger partial charge < -0.3 is 9.84 Å². The monoisotopic (exact) mass is 294 g/mol. The predicted octanol–water partition coefficient (Wildman–Crippen LogP) is 2.22. The van der Waals surface area contributed by atoms with E-state index in [1.807, 2.05) is 6.92 Å². The zero-order valence-corrected chi connectivity index (χ0v) is 12.7. The first-order valence-corrected chi connectivity index (χ1v) is 7.45. The highest BCUT2D eigenvalue weighted by atomic mass is 32.1. The first-order valence-electron chi connectivity index (χ1n) is 6.63. The van der Waals surface area contributed by atoms with Gasteiger partial charge in [-0.2, -0.15) is 0 Å². The van der Waals surface area contributed by atoms with E-state index in [9.17, 15) is 4.79 Å². The van der Waals surface area contributed by atoms with Gasteiger partial charge in [-0.15, -0.1) is 10.2 Å². The van der Waals surface area contributed by atoms with Gasteiger partial charge >= 0.3 is 0 Å². The summed E-state index contributed by atoms with van der Waals surface area (Å²) in [5.74, 6) is 0.437. The molecule has 2 rings (SSSR count). The Kier molecular flexibility index (Phi) is 4.84. The van der Waals surface area contributed by atoms with Crippen molar-refractivity contribution in [2.24, 2.45) is 5.92 Å². The fourth-order valence-corrected chi connectivity index (χ4v) is 2.40. The molecule has 2 aromatic heterocycles. The molecule has 0 aliphatic heterocycles. The lowest BCUT2D eigenvalue weighted by atomic mass is 10.1. The first kappa shape index (κ1) is 14.6. The highest BCUT2D eigenvalue weighted by molar-refractivity contribution is 7.11. The molecular weight excluding hydrogens is 276 g/mol. The molecule has 1 N–H and O–H groups in total. The van der Waals surface area contributed by atoms with Crippen LogP contribution in [0.2, 0.25) is 0 Å². The molecule has 0 atom stereocenters. The van der Waals surface area contributed by atoms with Gasteiger partial charge in [0, 0.05) is 6.07 Å². The van der Waals surface area contributed by atoms with Crippen molar-refractivity contribution >= 4 is 17.2 Å². The van der Waals surface area contributed by atoms with Gasteiger partial charge in [0.25, 0.3) is 5.91 Å². The molecule has 2 heterocycles. The van der Waals surface area contributed by atoms with Crippen LogP contribution in [0.1, 0.15) is 47.0 Å². The van der Waals surface area contributed by atoms with Crippen molar-refractivity contribution in [3.05, 3.63) is 27.5 Å². The van der Waals surface area contributed by atoms with E-state index in [1.54, 1.807) is 6.07 Å². The number of rotatable bonds is 6. The summed E-state index contributed by atoms with van der Waals surface area (Å²) in [7, 11) is 0. The van der Waals surface area contributed by atoms with Gasteiger partial charge in [-0.25, -0.2) is 0 Å². The maximum atomic E-state index is 11.9. The molecule has 1 amide bonds. The summed E-state index contributed by atoms with van der Waals surface area (Å²) in [5, 5.41) is 16.4. The molecule has 0 saturated heterocycles. The summed E-state index contributed by atoms with van der Waals surface area (Å²) < 4.78 is 5.05. The van der Waals surface area contributed by atoms with Gasteiger partial charge in [0.1, 0.15) is 10.0 Å². The summed E-state index contributed by atoms with van der Waals surface area (Å²) in [5.41, 5.74) is 0.800. The van der Waals surface area contributed by atoms with Gasteiger partial charge in [0.15, 0.2) is 0 Å². The Morgan fingerprint density at radius 1 is 1.40 bits per heavy atom. The first-order chi connectivity index (χ1) is 9.58. The van der Waals surface area contributed by atoms with Crippen molar-refractivity contribution in [3.8, 4) is 0 Å². The van der Waals surface area contributed by atoms with Crippen LogP contribution in [0.3, 0.4) is 0 Å². The van der Waals surface area contributed by atoms with Gasteiger partial charge in [-0.1, -0.05) is 37.3 Å². The molecular formula is C13H18N4O2S. The molecule has 0 radical (unpaired) electrons. The van der Waals surface area contributed by atoms with E-state index in [-0.39, 0.29) is 11.7 Å². The Morgan fingerprint density at radius 3 is 2.80 bits per heavy atom. The quantitative estimate of drug-likeness (QED) is 0.883. The van der Waals surface area contributed by atoms with Gasteiger partial charge in [0.2, 0.25) is 5.76 Å². The second-order valence-electron chi connectivity index (χ2n) is 4.91. The van der Waals surface area contributed by atoms with Crippen molar-refractivity contribution in [1.82, 2.24) is 20.7 Å². The van der Waals surface area contributed by atoms with E-state index in [1.165, 1.54) is 11.3 Å². The molecule has 0 saturated carbocycles. The lowest BCUT2D eigenvalue weighted by Crippen LogP contribution is -2.22. The molecule has 0 bridgehead atoms. The minimum Gasteiger partial charge on any atom is -0.351 e. The molecule has 108 valence electrons. The Bertz CT molecular complexity index is 576. The highest BCUT2D eigenvalue weighted by Crippen LogP contribution is 2.11. The Labute approximate surface area is 121 Å². The number of hydrogen-bond acceptors (Lipinski definition) is 6. The molecule has 0 aromatic carbocycles. The maximum Gasteiger partial charge on any atom is 0.290 e. The molecule has 0 aliphatic carbocycles. The van der Waals surface area contributed by atoms with E-state index in [0.29, 0.717) is 12.5 Å². The molecule has 0 unspecified atom stereocenters. The third kappa shape index (κ3) is 3.86. The van der Waals surface area contributed by atoms with Crippen LogP contribution in [0.4, 0.5) is 0 Å². The normalized spacial score (nSPS) is 11.0. The van der Waals surface area contributed by atoms with Crippen LogP contribution >= 0.6 is 11.3 Å². The standard InChI is InChI=1S/C13H18N4O2S/c1-4-11-15-16-12(20-11)7-14-13(18)10-6-9(17-19-10)5-8(2)3/h6,8H,4-5,7H2,1-3H3,(H,14,18). The van der Waals surface area contributed by atoms with E-state index in [2.05, 4.69) is 34.5 Å². The van der Waals surface area contributed by atoms with E-state index < -0.39 is 0 Å². The van der Waals surface area contributed by atoms with Crippen LogP contribution in [-0.2, 0) is 19.4 Å². The summed E-state index contributed by atoms with van der Waals surface area (Å²) in [4.78, 5) is 11.9. The van der Waals surface area contributed by atoms with Crippen molar-refractivity contribution in [2.75, 3.05) is 0 Å². The average Bonchev–Trinajstić information content (AvgIpc) is 3.04. The van der Waals surface area contributed by atoms with Crippen LogP contribution in [-0.4, -0.2) is 21.3 Å². The molecule has 0 spiro atoms. The Hall–Kier alpha value is -1.76. The molecule has 0 fully saturated rings. The Balaban J connectivity index is 1.89. The topological polar surface area (TPSA) is 80.9 Å². The largest absolute Gasteiger partial charge is 0.351 e. The van der Waals surface area contributed by atoms with Crippen molar-refractivity contribution in [3.63, 3.8) is 0 Å². The summed E-state index contributed by atoms with van der Waals surface area (Å²) in [6.45, 7) is 6.56. The molecule has 20 heavy (non-hydrogen) atoms. The second-order valence-corrected chi connectivity index (χ2v) is 6.05. The molecule has 7 heteroatoms. The smallest absolute Gasteiger partial charge is 0.290 e. The van der Waals surface area contributed by atoms with Crippen molar-refractivity contribution < 1.29 is 9.32 Å². The zero-order valence-electron chi connectivity index (χ0n) is 11.8. The number of carbonyl (C=O) groups is 1. The fourth-order valence-electron chi connectivity index (χ4n) is 1.68. The third-order valence-corrected chi connectivity index (χ3v) is 3.68. The Morgan fingerprint density at radius 2 is 2.15 bits per heavy atom. The third-order valence-electron chi connectivity index (χ3n) is 2.61. The second kappa shape index (κ2) is 6.60. The summed E-state index contributed by atoms with van der Waals surface area (Å²) in [6, 6.07) is 1.69. The van der Waals surface area contributed by atoms with Crippen molar-refractivity contribution in [2.45, 2.75) is 40.2 Å². The van der Waals surface area contributed by atoms with Crippen molar-refractivity contribution in [1.29, 1.82) is 0 Å². The van der Waals surface area contributed by atoms with Crippen LogP contribution in [0.15, 0.2) is 10.6 Å². The summed E-state index contributed by atoms with van der Waals surface area (Å²) in [6.07, 6.45) is 1.65.